The van der Waals surface area contributed by atoms with E-state index >= 15 is 0 Å². The maximum atomic E-state index is 11.7. The summed E-state index contributed by atoms with van der Waals surface area (Å²) in [5.74, 6) is 0.550. The van der Waals surface area contributed by atoms with E-state index in [9.17, 15) is 13.2 Å². The van der Waals surface area contributed by atoms with Crippen molar-refractivity contribution >= 4 is 0 Å². The van der Waals surface area contributed by atoms with Crippen LogP contribution in [0.4, 0.5) is 13.2 Å². The molecule has 2 rings (SSSR count). The summed E-state index contributed by atoms with van der Waals surface area (Å²) in [7, 11) is 0. The largest absolute Gasteiger partial charge is 0.522 e. The lowest BCUT2D eigenvalue weighted by Gasteiger charge is -2.10. The van der Waals surface area contributed by atoms with E-state index in [1.807, 2.05) is 12.1 Å². The van der Waals surface area contributed by atoms with Gasteiger partial charge in [0.25, 0.3) is 0 Å². The van der Waals surface area contributed by atoms with Gasteiger partial charge < -0.3 is 10.5 Å². The van der Waals surface area contributed by atoms with Crippen LogP contribution in [0.3, 0.4) is 0 Å². The predicted molar refractivity (Wildman–Crippen MR) is 59.2 cm³/mol. The Kier molecular flexibility index (Phi) is 3.77. The van der Waals surface area contributed by atoms with E-state index in [1.54, 1.807) is 6.07 Å². The zero-order chi connectivity index (χ0) is 13.2. The third kappa shape index (κ3) is 3.36. The molecule has 1 aliphatic rings. The number of halogens is 3. The number of hydrogen-bond acceptors (Lipinski definition) is 3. The third-order valence-corrected chi connectivity index (χ3v) is 2.86. The highest BCUT2D eigenvalue weighted by molar-refractivity contribution is 5.40. The normalized spacial score (nSPS) is 18.8. The Morgan fingerprint density at radius 3 is 2.78 bits per heavy atom. The predicted octanol–water partition coefficient (Wildman–Crippen LogP) is 2.55. The van der Waals surface area contributed by atoms with E-state index in [2.05, 4.69) is 4.74 Å². The van der Waals surface area contributed by atoms with E-state index < -0.39 is 13.0 Å². The lowest BCUT2D eigenvalue weighted by Crippen LogP contribution is -2.18. The summed E-state index contributed by atoms with van der Waals surface area (Å²) in [5.41, 5.74) is 8.08. The van der Waals surface area contributed by atoms with Crippen molar-refractivity contribution in [1.82, 2.24) is 0 Å². The first kappa shape index (κ1) is 13.2. The van der Waals surface area contributed by atoms with Crippen LogP contribution in [0.25, 0.3) is 0 Å². The molecule has 1 atom stereocenters. The molecule has 1 aromatic rings. The van der Waals surface area contributed by atoms with Gasteiger partial charge in [-0.25, -0.2) is 0 Å². The Hall–Kier alpha value is -1.27. The van der Waals surface area contributed by atoms with Gasteiger partial charge in [0, 0.05) is 6.04 Å². The van der Waals surface area contributed by atoms with Crippen LogP contribution in [-0.2, 0) is 11.2 Å². The Labute approximate surface area is 103 Å². The summed E-state index contributed by atoms with van der Waals surface area (Å²) in [5, 5.41) is 0. The number of fused-ring (bicyclic) bond motifs is 1. The fraction of sp³-hybridized carbons (Fsp3) is 0.500. The molecule has 0 radical (unpaired) electrons. The van der Waals surface area contributed by atoms with Gasteiger partial charge in [-0.1, -0.05) is 6.07 Å². The topological polar surface area (TPSA) is 44.5 Å². The van der Waals surface area contributed by atoms with Crippen LogP contribution in [0.15, 0.2) is 18.2 Å². The molecule has 1 aromatic carbocycles. The molecule has 1 aliphatic carbocycles. The number of benzene rings is 1. The van der Waals surface area contributed by atoms with Crippen LogP contribution < -0.4 is 10.5 Å². The van der Waals surface area contributed by atoms with Crippen molar-refractivity contribution in [3.8, 4) is 5.75 Å². The zero-order valence-corrected chi connectivity index (χ0v) is 9.67. The molecule has 0 bridgehead atoms. The minimum atomic E-state index is -4.60. The first-order chi connectivity index (χ1) is 8.46. The van der Waals surface area contributed by atoms with Gasteiger partial charge in [0.05, 0.1) is 6.61 Å². The van der Waals surface area contributed by atoms with Crippen LogP contribution in [0.1, 0.15) is 23.6 Å². The summed E-state index contributed by atoms with van der Waals surface area (Å²) >= 11 is 0. The van der Waals surface area contributed by atoms with Crippen LogP contribution in [0.5, 0.6) is 5.75 Å². The van der Waals surface area contributed by atoms with Gasteiger partial charge in [0.2, 0.25) is 0 Å². The first-order valence-electron chi connectivity index (χ1n) is 5.67. The highest BCUT2D eigenvalue weighted by atomic mass is 19.4. The van der Waals surface area contributed by atoms with Gasteiger partial charge in [0.15, 0.2) is 0 Å². The second kappa shape index (κ2) is 5.16. The van der Waals surface area contributed by atoms with Crippen molar-refractivity contribution < 1.29 is 22.6 Å². The molecule has 18 heavy (non-hydrogen) atoms. The average molecular weight is 261 g/mol. The molecule has 2 N–H and O–H groups in total. The van der Waals surface area contributed by atoms with Gasteiger partial charge in [-0.3, -0.25) is 4.74 Å². The van der Waals surface area contributed by atoms with Gasteiger partial charge in [-0.05, 0) is 36.1 Å². The molecule has 0 fully saturated rings. The van der Waals surface area contributed by atoms with E-state index in [1.165, 1.54) is 0 Å². The quantitative estimate of drug-likeness (QED) is 0.847. The van der Waals surface area contributed by atoms with Gasteiger partial charge in [-0.15, -0.1) is 13.2 Å². The number of ether oxygens (including phenoxy) is 2. The van der Waals surface area contributed by atoms with Crippen molar-refractivity contribution in [2.75, 3.05) is 13.2 Å². The van der Waals surface area contributed by atoms with E-state index in [-0.39, 0.29) is 12.6 Å². The maximum absolute atomic E-state index is 11.7. The first-order valence-corrected chi connectivity index (χ1v) is 5.67. The number of rotatable bonds is 4. The van der Waals surface area contributed by atoms with E-state index in [0.717, 1.165) is 24.0 Å². The number of alkyl halides is 3. The second-order valence-corrected chi connectivity index (χ2v) is 4.15. The van der Waals surface area contributed by atoms with Crippen LogP contribution in [0, 0.1) is 0 Å². The lowest BCUT2D eigenvalue weighted by molar-refractivity contribution is -0.325. The molecule has 3 nitrogen and oxygen atoms in total. The van der Waals surface area contributed by atoms with E-state index in [0.29, 0.717) is 5.75 Å². The molecule has 0 amide bonds. The molecule has 0 heterocycles. The summed E-state index contributed by atoms with van der Waals surface area (Å²) < 4.78 is 43.9. The van der Waals surface area contributed by atoms with E-state index in [4.69, 9.17) is 10.5 Å². The molecule has 0 saturated carbocycles. The number of aryl methyl sites for hydroxylation is 1. The SMILES string of the molecule is N[C@H]1CCc2cc(OCCOC(F)(F)F)ccc21. The highest BCUT2D eigenvalue weighted by Gasteiger charge is 2.28. The monoisotopic (exact) mass is 261 g/mol. The molecular formula is C12H14F3NO2. The Bertz CT molecular complexity index is 420. The summed E-state index contributed by atoms with van der Waals surface area (Å²) in [6, 6.07) is 5.47. The molecule has 0 unspecified atom stereocenters. The molecule has 0 saturated heterocycles. The van der Waals surface area contributed by atoms with Crippen molar-refractivity contribution in [2.24, 2.45) is 5.73 Å². The van der Waals surface area contributed by atoms with Crippen molar-refractivity contribution in [1.29, 1.82) is 0 Å². The molecule has 0 aromatic heterocycles. The molecule has 6 heteroatoms. The third-order valence-electron chi connectivity index (χ3n) is 2.86. The smallest absolute Gasteiger partial charge is 0.491 e. The van der Waals surface area contributed by atoms with Crippen molar-refractivity contribution in [3.05, 3.63) is 29.3 Å². The van der Waals surface area contributed by atoms with Crippen molar-refractivity contribution in [3.63, 3.8) is 0 Å². The highest BCUT2D eigenvalue weighted by Crippen LogP contribution is 2.31. The van der Waals surface area contributed by atoms with Gasteiger partial charge in [-0.2, -0.15) is 0 Å². The standard InChI is InChI=1S/C12H14F3NO2/c13-12(14,15)18-6-5-17-9-2-3-10-8(7-9)1-4-11(10)16/h2-3,7,11H,1,4-6,16H2/t11-/m0/s1. The average Bonchev–Trinajstić information content (AvgIpc) is 2.65. The van der Waals surface area contributed by atoms with Crippen molar-refractivity contribution in [2.45, 2.75) is 25.2 Å². The fourth-order valence-electron chi connectivity index (χ4n) is 2.03. The van der Waals surface area contributed by atoms with Gasteiger partial charge in [0.1, 0.15) is 12.4 Å². The summed E-state index contributed by atoms with van der Waals surface area (Å²) in [4.78, 5) is 0. The second-order valence-electron chi connectivity index (χ2n) is 4.15. The van der Waals surface area contributed by atoms with Gasteiger partial charge >= 0.3 is 6.36 Å². The molecular weight excluding hydrogens is 247 g/mol. The minimum absolute atomic E-state index is 0.0580. The maximum Gasteiger partial charge on any atom is 0.522 e. The number of nitrogens with two attached hydrogens (primary N) is 1. The molecule has 100 valence electrons. The Morgan fingerprint density at radius 1 is 1.28 bits per heavy atom. The Balaban J connectivity index is 1.84. The summed E-state index contributed by atoms with van der Waals surface area (Å²) in [6.45, 7) is -0.648. The van der Waals surface area contributed by atoms with Crippen LogP contribution in [0.2, 0.25) is 0 Å². The fourth-order valence-corrected chi connectivity index (χ4v) is 2.03. The molecule has 0 aliphatic heterocycles. The molecule has 0 spiro atoms. The summed E-state index contributed by atoms with van der Waals surface area (Å²) in [6.07, 6.45) is -2.82. The zero-order valence-electron chi connectivity index (χ0n) is 9.67. The number of hydrogen-bond donors (Lipinski definition) is 1. The minimum Gasteiger partial charge on any atom is -0.491 e. The Morgan fingerprint density at radius 2 is 2.06 bits per heavy atom. The lowest BCUT2D eigenvalue weighted by atomic mass is 10.1. The van der Waals surface area contributed by atoms with Crippen LogP contribution in [-0.4, -0.2) is 19.6 Å². The van der Waals surface area contributed by atoms with Crippen LogP contribution >= 0.6 is 0 Å².